The third-order valence-corrected chi connectivity index (χ3v) is 3.61. The Kier molecular flexibility index (Phi) is 6.07. The van der Waals surface area contributed by atoms with Crippen LogP contribution in [0.5, 0.6) is 5.75 Å². The lowest BCUT2D eigenvalue weighted by molar-refractivity contribution is 0.0958. The van der Waals surface area contributed by atoms with E-state index in [2.05, 4.69) is 38.2 Å². The van der Waals surface area contributed by atoms with Crippen LogP contribution < -0.4 is 10.1 Å². The van der Waals surface area contributed by atoms with Crippen LogP contribution in [0.25, 0.3) is 0 Å². The van der Waals surface area contributed by atoms with E-state index in [4.69, 9.17) is 9.47 Å². The zero-order chi connectivity index (χ0) is 15.1. The summed E-state index contributed by atoms with van der Waals surface area (Å²) >= 11 is 0. The van der Waals surface area contributed by atoms with Crippen LogP contribution in [0, 0.1) is 5.92 Å². The predicted octanol–water partition coefficient (Wildman–Crippen LogP) is 3.77. The number of ether oxygens (including phenoxy) is 2. The fourth-order valence-corrected chi connectivity index (χ4v) is 2.05. The lowest BCUT2D eigenvalue weighted by Crippen LogP contribution is -2.35. The zero-order valence-electron chi connectivity index (χ0n) is 13.7. The van der Waals surface area contributed by atoms with Crippen molar-refractivity contribution in [2.75, 3.05) is 19.8 Å². The lowest BCUT2D eigenvalue weighted by Gasteiger charge is -2.20. The monoisotopic (exact) mass is 291 g/mol. The van der Waals surface area contributed by atoms with Crippen LogP contribution in [0.2, 0.25) is 0 Å². The van der Waals surface area contributed by atoms with E-state index < -0.39 is 0 Å². The highest BCUT2D eigenvalue weighted by molar-refractivity contribution is 5.27. The first-order valence-corrected chi connectivity index (χ1v) is 8.07. The highest BCUT2D eigenvalue weighted by Crippen LogP contribution is 2.32. The summed E-state index contributed by atoms with van der Waals surface area (Å²) in [5.74, 6) is 1.86. The minimum Gasteiger partial charge on any atom is -0.491 e. The van der Waals surface area contributed by atoms with Crippen molar-refractivity contribution >= 4 is 0 Å². The van der Waals surface area contributed by atoms with Gasteiger partial charge in [0.15, 0.2) is 0 Å². The van der Waals surface area contributed by atoms with Gasteiger partial charge in [0, 0.05) is 18.7 Å². The Balaban J connectivity index is 1.58. The summed E-state index contributed by atoms with van der Waals surface area (Å²) in [5, 5.41) is 3.48. The van der Waals surface area contributed by atoms with Gasteiger partial charge in [0.1, 0.15) is 12.4 Å². The van der Waals surface area contributed by atoms with Gasteiger partial charge in [0.25, 0.3) is 0 Å². The molecule has 3 nitrogen and oxygen atoms in total. The summed E-state index contributed by atoms with van der Waals surface area (Å²) in [6.07, 6.45) is 4.02. The van der Waals surface area contributed by atoms with Crippen LogP contribution in [-0.2, 0) is 11.3 Å². The largest absolute Gasteiger partial charge is 0.491 e. The quantitative estimate of drug-likeness (QED) is 0.703. The average Bonchev–Trinajstić information content (AvgIpc) is 3.25. The standard InChI is InChI=1S/C18H29NO2/c1-18(2,3)19-14-16-6-8-17(9-7-16)21-13-12-20-11-10-15-4-5-15/h6-9,15,19H,4-5,10-14H2,1-3H3. The molecule has 21 heavy (non-hydrogen) atoms. The highest BCUT2D eigenvalue weighted by atomic mass is 16.5. The molecule has 1 saturated carbocycles. The summed E-state index contributed by atoms with van der Waals surface area (Å²) in [6.45, 7) is 9.60. The molecule has 2 rings (SSSR count). The molecule has 3 heteroatoms. The van der Waals surface area contributed by atoms with E-state index in [0.29, 0.717) is 13.2 Å². The van der Waals surface area contributed by atoms with E-state index >= 15 is 0 Å². The van der Waals surface area contributed by atoms with E-state index in [1.807, 2.05) is 12.1 Å². The van der Waals surface area contributed by atoms with Crippen molar-refractivity contribution in [1.82, 2.24) is 5.32 Å². The zero-order valence-corrected chi connectivity index (χ0v) is 13.7. The van der Waals surface area contributed by atoms with E-state index in [1.54, 1.807) is 0 Å². The van der Waals surface area contributed by atoms with Gasteiger partial charge in [-0.3, -0.25) is 0 Å². The van der Waals surface area contributed by atoms with Gasteiger partial charge in [-0.2, -0.15) is 0 Å². The molecule has 1 aliphatic carbocycles. The van der Waals surface area contributed by atoms with Gasteiger partial charge in [-0.15, -0.1) is 0 Å². The molecule has 0 atom stereocenters. The van der Waals surface area contributed by atoms with Crippen LogP contribution in [0.3, 0.4) is 0 Å². The molecular weight excluding hydrogens is 262 g/mol. The molecule has 118 valence electrons. The molecular formula is C18H29NO2. The number of hydrogen-bond donors (Lipinski definition) is 1. The molecule has 0 unspecified atom stereocenters. The van der Waals surface area contributed by atoms with Gasteiger partial charge in [0.2, 0.25) is 0 Å². The minimum absolute atomic E-state index is 0.146. The van der Waals surface area contributed by atoms with Crippen LogP contribution in [0.4, 0.5) is 0 Å². The lowest BCUT2D eigenvalue weighted by atomic mass is 10.1. The van der Waals surface area contributed by atoms with Crippen LogP contribution in [0.15, 0.2) is 24.3 Å². The molecule has 0 spiro atoms. The average molecular weight is 291 g/mol. The smallest absolute Gasteiger partial charge is 0.119 e. The first-order valence-electron chi connectivity index (χ1n) is 8.07. The van der Waals surface area contributed by atoms with Crippen molar-refractivity contribution in [3.05, 3.63) is 29.8 Å². The van der Waals surface area contributed by atoms with Gasteiger partial charge >= 0.3 is 0 Å². The first-order chi connectivity index (χ1) is 10.0. The first kappa shape index (κ1) is 16.3. The molecule has 0 radical (unpaired) electrons. The highest BCUT2D eigenvalue weighted by Gasteiger charge is 2.20. The Labute approximate surface area is 129 Å². The molecule has 1 aliphatic rings. The Morgan fingerprint density at radius 3 is 2.38 bits per heavy atom. The van der Waals surface area contributed by atoms with Gasteiger partial charge < -0.3 is 14.8 Å². The Morgan fingerprint density at radius 2 is 1.76 bits per heavy atom. The Hall–Kier alpha value is -1.06. The van der Waals surface area contributed by atoms with Crippen LogP contribution >= 0.6 is 0 Å². The molecule has 0 heterocycles. The van der Waals surface area contributed by atoms with Crippen molar-refractivity contribution in [1.29, 1.82) is 0 Å². The molecule has 0 aromatic heterocycles. The molecule has 0 aliphatic heterocycles. The summed E-state index contributed by atoms with van der Waals surface area (Å²) in [5.41, 5.74) is 1.42. The molecule has 1 fully saturated rings. The fraction of sp³-hybridized carbons (Fsp3) is 0.667. The summed E-state index contributed by atoms with van der Waals surface area (Å²) < 4.78 is 11.3. The third kappa shape index (κ3) is 7.49. The van der Waals surface area contributed by atoms with Crippen molar-refractivity contribution in [2.45, 2.75) is 52.1 Å². The summed E-state index contributed by atoms with van der Waals surface area (Å²) in [6, 6.07) is 8.29. The van der Waals surface area contributed by atoms with Gasteiger partial charge in [-0.1, -0.05) is 25.0 Å². The van der Waals surface area contributed by atoms with Crippen molar-refractivity contribution in [2.24, 2.45) is 5.92 Å². The van der Waals surface area contributed by atoms with E-state index in [9.17, 15) is 0 Å². The third-order valence-electron chi connectivity index (χ3n) is 3.61. The van der Waals surface area contributed by atoms with Crippen LogP contribution in [-0.4, -0.2) is 25.4 Å². The normalized spacial score (nSPS) is 15.2. The van der Waals surface area contributed by atoms with E-state index in [-0.39, 0.29) is 5.54 Å². The van der Waals surface area contributed by atoms with Crippen molar-refractivity contribution in [3.63, 3.8) is 0 Å². The maximum absolute atomic E-state index is 5.68. The van der Waals surface area contributed by atoms with Gasteiger partial charge in [-0.05, 0) is 50.8 Å². The summed E-state index contributed by atoms with van der Waals surface area (Å²) in [4.78, 5) is 0. The number of hydrogen-bond acceptors (Lipinski definition) is 3. The van der Waals surface area contributed by atoms with Crippen molar-refractivity contribution < 1.29 is 9.47 Å². The second kappa shape index (κ2) is 7.81. The minimum atomic E-state index is 0.146. The Bertz CT molecular complexity index is 404. The van der Waals surface area contributed by atoms with Gasteiger partial charge in [0.05, 0.1) is 6.61 Å². The summed E-state index contributed by atoms with van der Waals surface area (Å²) in [7, 11) is 0. The second-order valence-electron chi connectivity index (χ2n) is 6.94. The van der Waals surface area contributed by atoms with Gasteiger partial charge in [-0.25, -0.2) is 0 Å². The predicted molar refractivity (Wildman–Crippen MR) is 86.7 cm³/mol. The maximum Gasteiger partial charge on any atom is 0.119 e. The fourth-order valence-electron chi connectivity index (χ4n) is 2.05. The maximum atomic E-state index is 5.68. The molecule has 0 amide bonds. The van der Waals surface area contributed by atoms with Crippen LogP contribution in [0.1, 0.15) is 45.6 Å². The second-order valence-corrected chi connectivity index (χ2v) is 6.94. The SMILES string of the molecule is CC(C)(C)NCc1ccc(OCCOCCC2CC2)cc1. The van der Waals surface area contributed by atoms with E-state index in [0.717, 1.165) is 24.8 Å². The van der Waals surface area contributed by atoms with Crippen molar-refractivity contribution in [3.8, 4) is 5.75 Å². The number of rotatable bonds is 9. The topological polar surface area (TPSA) is 30.5 Å². The molecule has 0 bridgehead atoms. The molecule has 1 aromatic carbocycles. The molecule has 1 aromatic rings. The Morgan fingerprint density at radius 1 is 1.05 bits per heavy atom. The van der Waals surface area contributed by atoms with E-state index in [1.165, 1.54) is 24.8 Å². The molecule has 1 N–H and O–H groups in total. The number of nitrogens with one attached hydrogen (secondary N) is 1. The molecule has 0 saturated heterocycles. The number of benzene rings is 1.